The third-order valence-electron chi connectivity index (χ3n) is 4.77. The number of rotatable bonds is 6. The zero-order valence-electron chi connectivity index (χ0n) is 16.9. The zero-order valence-corrected chi connectivity index (χ0v) is 17.7. The third kappa shape index (κ3) is 4.13. The van der Waals surface area contributed by atoms with Crippen LogP contribution in [0.3, 0.4) is 0 Å². The molecule has 0 radical (unpaired) electrons. The largest absolute Gasteiger partial charge is 0.361 e. The predicted molar refractivity (Wildman–Crippen MR) is 116 cm³/mol. The molecule has 152 valence electrons. The van der Waals surface area contributed by atoms with Gasteiger partial charge in [0.05, 0.1) is 11.3 Å². The van der Waals surface area contributed by atoms with E-state index in [-0.39, 0.29) is 5.91 Å². The molecular weight excluding hydrogens is 398 g/mol. The molecule has 0 saturated carbocycles. The van der Waals surface area contributed by atoms with Crippen LogP contribution in [0.25, 0.3) is 11.4 Å². The van der Waals surface area contributed by atoms with Gasteiger partial charge in [0.2, 0.25) is 0 Å². The third-order valence-corrected chi connectivity index (χ3v) is 5.87. The van der Waals surface area contributed by atoms with Crippen LogP contribution >= 0.6 is 11.8 Å². The van der Waals surface area contributed by atoms with Gasteiger partial charge in [-0.3, -0.25) is 4.79 Å². The highest BCUT2D eigenvalue weighted by atomic mass is 32.2. The Balaban J connectivity index is 1.53. The van der Waals surface area contributed by atoms with Gasteiger partial charge in [0.15, 0.2) is 5.82 Å². The van der Waals surface area contributed by atoms with E-state index in [1.807, 2.05) is 74.0 Å². The normalized spacial score (nSPS) is 10.9. The lowest BCUT2D eigenvalue weighted by Crippen LogP contribution is -2.13. The fourth-order valence-corrected chi connectivity index (χ4v) is 4.32. The number of thioether (sulfide) groups is 1. The number of aryl methyl sites for hydroxylation is 3. The quantitative estimate of drug-likeness (QED) is 0.459. The van der Waals surface area contributed by atoms with E-state index in [2.05, 4.69) is 20.7 Å². The average Bonchev–Trinajstić information content (AvgIpc) is 3.32. The van der Waals surface area contributed by atoms with Crippen molar-refractivity contribution in [3.63, 3.8) is 0 Å². The molecule has 30 heavy (non-hydrogen) atoms. The van der Waals surface area contributed by atoms with Crippen molar-refractivity contribution in [2.45, 2.75) is 24.5 Å². The van der Waals surface area contributed by atoms with Crippen LogP contribution in [0.5, 0.6) is 0 Å². The van der Waals surface area contributed by atoms with Crippen molar-refractivity contribution in [3.05, 3.63) is 77.4 Å². The molecule has 2 aromatic carbocycles. The van der Waals surface area contributed by atoms with Gasteiger partial charge in [0, 0.05) is 34.5 Å². The fourth-order valence-electron chi connectivity index (χ4n) is 3.12. The predicted octanol–water partition coefficient (Wildman–Crippen LogP) is 4.63. The van der Waals surface area contributed by atoms with E-state index in [9.17, 15) is 4.79 Å². The van der Waals surface area contributed by atoms with Crippen molar-refractivity contribution < 1.29 is 9.32 Å². The summed E-state index contributed by atoms with van der Waals surface area (Å²) in [6, 6.07) is 15.2. The number of nitrogens with zero attached hydrogens (tertiary/aromatic N) is 4. The van der Waals surface area contributed by atoms with Crippen LogP contribution < -0.4 is 5.32 Å². The van der Waals surface area contributed by atoms with Crippen LogP contribution in [0.1, 0.15) is 27.4 Å². The highest BCUT2D eigenvalue weighted by molar-refractivity contribution is 7.98. The zero-order chi connectivity index (χ0) is 21.1. The molecule has 0 bridgehead atoms. The minimum Gasteiger partial charge on any atom is -0.361 e. The first-order valence-corrected chi connectivity index (χ1v) is 10.4. The summed E-state index contributed by atoms with van der Waals surface area (Å²) in [5, 5.41) is 15.0. The van der Waals surface area contributed by atoms with Crippen molar-refractivity contribution in [3.8, 4) is 11.4 Å². The van der Waals surface area contributed by atoms with E-state index in [1.54, 1.807) is 18.1 Å². The minimum absolute atomic E-state index is 0.160. The number of aromatic nitrogens is 4. The second kappa shape index (κ2) is 8.54. The minimum atomic E-state index is -0.160. The van der Waals surface area contributed by atoms with Crippen LogP contribution in [0.15, 0.2) is 64.3 Å². The molecule has 2 aromatic heterocycles. The molecule has 0 aliphatic heterocycles. The maximum atomic E-state index is 13.0. The molecular formula is C22H21N5O2S. The summed E-state index contributed by atoms with van der Waals surface area (Å²) in [6.07, 6.45) is 1.65. The van der Waals surface area contributed by atoms with Crippen LogP contribution in [-0.4, -0.2) is 25.8 Å². The first-order chi connectivity index (χ1) is 14.5. The van der Waals surface area contributed by atoms with Crippen molar-refractivity contribution >= 4 is 23.4 Å². The number of carbonyl (C=O) groups is 1. The lowest BCUT2D eigenvalue weighted by Gasteiger charge is -2.11. The first kappa shape index (κ1) is 19.9. The number of hydrogen-bond donors (Lipinski definition) is 1. The summed E-state index contributed by atoms with van der Waals surface area (Å²) in [5.74, 6) is 2.07. The number of hydrogen-bond acceptors (Lipinski definition) is 6. The number of carbonyl (C=O) groups excluding carboxylic acids is 1. The molecule has 0 atom stereocenters. The maximum Gasteiger partial charge on any atom is 0.256 e. The van der Waals surface area contributed by atoms with E-state index in [1.165, 1.54) is 0 Å². The molecule has 0 spiro atoms. The SMILES string of the molecule is Cc1noc(C)c1CSc1ccccc1C(=O)Nc1cccc(-c2nncn2C)c1. The number of benzene rings is 2. The van der Waals surface area contributed by atoms with E-state index < -0.39 is 0 Å². The second-order valence-electron chi connectivity index (χ2n) is 6.89. The van der Waals surface area contributed by atoms with Crippen molar-refractivity contribution in [1.82, 2.24) is 19.9 Å². The Labute approximate surface area is 178 Å². The van der Waals surface area contributed by atoms with Crippen LogP contribution in [0.2, 0.25) is 0 Å². The lowest BCUT2D eigenvalue weighted by molar-refractivity contribution is 0.102. The molecule has 1 N–H and O–H groups in total. The lowest BCUT2D eigenvalue weighted by atomic mass is 10.1. The summed E-state index contributed by atoms with van der Waals surface area (Å²) >= 11 is 1.59. The first-order valence-electron chi connectivity index (χ1n) is 9.42. The van der Waals surface area contributed by atoms with Gasteiger partial charge in [-0.25, -0.2) is 0 Å². The molecule has 2 heterocycles. The number of nitrogens with one attached hydrogen (secondary N) is 1. The Hall–Kier alpha value is -3.39. The van der Waals surface area contributed by atoms with Crippen molar-refractivity contribution in [2.24, 2.45) is 7.05 Å². The molecule has 0 fully saturated rings. The Bertz CT molecular complexity index is 1180. The summed E-state index contributed by atoms with van der Waals surface area (Å²) in [6.45, 7) is 3.83. The molecule has 0 aliphatic carbocycles. The molecule has 4 rings (SSSR count). The second-order valence-corrected chi connectivity index (χ2v) is 7.91. The van der Waals surface area contributed by atoms with Gasteiger partial charge in [-0.2, -0.15) is 0 Å². The summed E-state index contributed by atoms with van der Waals surface area (Å²) in [5.41, 5.74) is 4.15. The molecule has 4 aromatic rings. The van der Waals surface area contributed by atoms with Gasteiger partial charge in [-0.05, 0) is 38.1 Å². The topological polar surface area (TPSA) is 85.8 Å². The fraction of sp³-hybridized carbons (Fsp3) is 0.182. The Morgan fingerprint density at radius 2 is 2.00 bits per heavy atom. The molecule has 8 heteroatoms. The number of anilines is 1. The van der Waals surface area contributed by atoms with Crippen LogP contribution in [0, 0.1) is 13.8 Å². The van der Waals surface area contributed by atoms with E-state index in [4.69, 9.17) is 4.52 Å². The molecule has 1 amide bonds. The molecule has 0 saturated heterocycles. The van der Waals surface area contributed by atoms with Gasteiger partial charge < -0.3 is 14.4 Å². The molecule has 0 unspecified atom stereocenters. The Morgan fingerprint density at radius 1 is 1.17 bits per heavy atom. The Morgan fingerprint density at radius 3 is 2.73 bits per heavy atom. The van der Waals surface area contributed by atoms with Crippen molar-refractivity contribution in [2.75, 3.05) is 5.32 Å². The smallest absolute Gasteiger partial charge is 0.256 e. The van der Waals surface area contributed by atoms with E-state index >= 15 is 0 Å². The van der Waals surface area contributed by atoms with Gasteiger partial charge in [0.25, 0.3) is 5.91 Å². The summed E-state index contributed by atoms with van der Waals surface area (Å²) in [7, 11) is 1.88. The van der Waals surface area contributed by atoms with E-state index in [0.717, 1.165) is 33.3 Å². The molecule has 7 nitrogen and oxygen atoms in total. The maximum absolute atomic E-state index is 13.0. The highest BCUT2D eigenvalue weighted by Gasteiger charge is 2.15. The number of amides is 1. The van der Waals surface area contributed by atoms with Gasteiger partial charge in [-0.15, -0.1) is 22.0 Å². The standard InChI is InChI=1S/C22H21N5O2S/c1-14-19(15(2)29-26-14)12-30-20-10-5-4-9-18(20)22(28)24-17-8-6-7-16(11-17)21-25-23-13-27(21)3/h4-11,13H,12H2,1-3H3,(H,24,28). The van der Waals surface area contributed by atoms with Crippen LogP contribution in [-0.2, 0) is 12.8 Å². The average molecular weight is 420 g/mol. The molecule has 0 aliphatic rings. The Kier molecular flexibility index (Phi) is 5.67. The van der Waals surface area contributed by atoms with E-state index in [0.29, 0.717) is 17.0 Å². The summed E-state index contributed by atoms with van der Waals surface area (Å²) in [4.78, 5) is 13.9. The van der Waals surface area contributed by atoms with Gasteiger partial charge in [-0.1, -0.05) is 29.4 Å². The van der Waals surface area contributed by atoms with Crippen molar-refractivity contribution in [1.29, 1.82) is 0 Å². The van der Waals surface area contributed by atoms with Gasteiger partial charge in [0.1, 0.15) is 12.1 Å². The highest BCUT2D eigenvalue weighted by Crippen LogP contribution is 2.29. The summed E-state index contributed by atoms with van der Waals surface area (Å²) < 4.78 is 7.07. The van der Waals surface area contributed by atoms with Gasteiger partial charge >= 0.3 is 0 Å². The van der Waals surface area contributed by atoms with Crippen LogP contribution in [0.4, 0.5) is 5.69 Å². The monoisotopic (exact) mass is 419 g/mol.